The van der Waals surface area contributed by atoms with Crippen molar-refractivity contribution in [2.24, 2.45) is 5.41 Å². The van der Waals surface area contributed by atoms with Crippen molar-refractivity contribution < 1.29 is 19.4 Å². The van der Waals surface area contributed by atoms with Crippen LogP contribution in [-0.2, 0) is 14.3 Å². The van der Waals surface area contributed by atoms with Crippen LogP contribution in [0.5, 0.6) is 0 Å². The molecule has 3 N–H and O–H groups in total. The molecule has 3 unspecified atom stereocenters. The molecular weight excluding hydrogens is 248 g/mol. The Bertz CT molecular complexity index is 338. The van der Waals surface area contributed by atoms with Crippen molar-refractivity contribution in [3.8, 4) is 0 Å². The van der Waals surface area contributed by atoms with Gasteiger partial charge >= 0.3 is 5.97 Å². The summed E-state index contributed by atoms with van der Waals surface area (Å²) in [4.78, 5) is 23.0. The third-order valence-electron chi connectivity index (χ3n) is 3.48. The summed E-state index contributed by atoms with van der Waals surface area (Å²) in [5.41, 5.74) is -0.298. The van der Waals surface area contributed by atoms with E-state index in [1.807, 2.05) is 20.8 Å². The SMILES string of the molecule is COC1CNC(C(=O)NC(CC(=O)O)C(C)(C)C)C1. The molecule has 110 valence electrons. The molecule has 0 saturated carbocycles. The molecule has 1 heterocycles. The van der Waals surface area contributed by atoms with Gasteiger partial charge in [0.1, 0.15) is 0 Å². The standard InChI is InChI=1S/C13H24N2O4/c1-13(2,3)10(6-11(16)17)15-12(18)9-5-8(19-4)7-14-9/h8-10,14H,5-7H2,1-4H3,(H,15,18)(H,16,17). The molecule has 1 aliphatic rings. The van der Waals surface area contributed by atoms with Gasteiger partial charge in [0.25, 0.3) is 0 Å². The molecule has 1 fully saturated rings. The van der Waals surface area contributed by atoms with Crippen LogP contribution in [0, 0.1) is 5.41 Å². The zero-order valence-corrected chi connectivity index (χ0v) is 12.0. The molecule has 0 aromatic rings. The topological polar surface area (TPSA) is 87.7 Å². The second kappa shape index (κ2) is 6.34. The molecule has 3 atom stereocenters. The molecule has 1 saturated heterocycles. The predicted octanol–water partition coefficient (Wildman–Crippen LogP) is 0.369. The van der Waals surface area contributed by atoms with E-state index in [0.717, 1.165) is 0 Å². The Morgan fingerprint density at radius 3 is 2.53 bits per heavy atom. The van der Waals surface area contributed by atoms with Gasteiger partial charge in [-0.3, -0.25) is 9.59 Å². The number of amides is 1. The maximum absolute atomic E-state index is 12.1. The lowest BCUT2D eigenvalue weighted by atomic mass is 9.84. The molecule has 0 aromatic heterocycles. The third kappa shape index (κ3) is 4.80. The number of nitrogens with one attached hydrogen (secondary N) is 2. The first-order chi connectivity index (χ1) is 8.74. The Kier molecular flexibility index (Phi) is 5.31. The molecule has 0 aromatic carbocycles. The highest BCUT2D eigenvalue weighted by Crippen LogP contribution is 2.22. The first-order valence-electron chi connectivity index (χ1n) is 6.52. The first kappa shape index (κ1) is 15.9. The molecule has 0 radical (unpaired) electrons. The molecule has 19 heavy (non-hydrogen) atoms. The van der Waals surface area contributed by atoms with Gasteiger partial charge in [-0.1, -0.05) is 20.8 Å². The lowest BCUT2D eigenvalue weighted by molar-refractivity contribution is -0.138. The normalized spacial score (nSPS) is 25.1. The van der Waals surface area contributed by atoms with E-state index in [-0.39, 0.29) is 35.9 Å². The highest BCUT2D eigenvalue weighted by atomic mass is 16.5. The lowest BCUT2D eigenvalue weighted by Gasteiger charge is -2.31. The van der Waals surface area contributed by atoms with Crippen LogP contribution in [0.3, 0.4) is 0 Å². The first-order valence-corrected chi connectivity index (χ1v) is 6.52. The van der Waals surface area contributed by atoms with E-state index >= 15 is 0 Å². The van der Waals surface area contributed by atoms with E-state index < -0.39 is 5.97 Å². The maximum Gasteiger partial charge on any atom is 0.305 e. The van der Waals surface area contributed by atoms with Crippen molar-refractivity contribution in [2.45, 2.75) is 51.8 Å². The second-order valence-electron chi connectivity index (χ2n) is 6.08. The minimum absolute atomic E-state index is 0.0447. The molecule has 0 spiro atoms. The van der Waals surface area contributed by atoms with Gasteiger partial charge in [0, 0.05) is 19.7 Å². The van der Waals surface area contributed by atoms with Crippen molar-refractivity contribution in [3.05, 3.63) is 0 Å². The van der Waals surface area contributed by atoms with Crippen LogP contribution in [0.2, 0.25) is 0 Å². The van der Waals surface area contributed by atoms with E-state index in [9.17, 15) is 9.59 Å². The number of hydrogen-bond acceptors (Lipinski definition) is 4. The third-order valence-corrected chi connectivity index (χ3v) is 3.48. The van der Waals surface area contributed by atoms with Crippen molar-refractivity contribution >= 4 is 11.9 Å². The van der Waals surface area contributed by atoms with Crippen molar-refractivity contribution in [2.75, 3.05) is 13.7 Å². The van der Waals surface area contributed by atoms with E-state index in [1.54, 1.807) is 7.11 Å². The van der Waals surface area contributed by atoms with Crippen LogP contribution in [-0.4, -0.2) is 48.8 Å². The molecule has 6 nitrogen and oxygen atoms in total. The Morgan fingerprint density at radius 2 is 2.11 bits per heavy atom. The number of rotatable bonds is 5. The fourth-order valence-corrected chi connectivity index (χ4v) is 2.10. The molecule has 1 aliphatic heterocycles. The molecule has 1 amide bonds. The molecule has 0 bridgehead atoms. The summed E-state index contributed by atoms with van der Waals surface area (Å²) in [6, 6.07) is -0.690. The zero-order valence-electron chi connectivity index (χ0n) is 12.0. The smallest absolute Gasteiger partial charge is 0.305 e. The summed E-state index contributed by atoms with van der Waals surface area (Å²) in [5, 5.41) is 14.8. The zero-order chi connectivity index (χ0) is 14.6. The average molecular weight is 272 g/mol. The molecular formula is C13H24N2O4. The van der Waals surface area contributed by atoms with E-state index in [0.29, 0.717) is 13.0 Å². The van der Waals surface area contributed by atoms with Crippen molar-refractivity contribution in [1.82, 2.24) is 10.6 Å². The van der Waals surface area contributed by atoms with Crippen LogP contribution in [0.1, 0.15) is 33.6 Å². The summed E-state index contributed by atoms with van der Waals surface area (Å²) in [7, 11) is 1.62. The fraction of sp³-hybridized carbons (Fsp3) is 0.846. The number of hydrogen-bond donors (Lipinski definition) is 3. The number of carboxylic acid groups (broad SMARTS) is 1. The Morgan fingerprint density at radius 1 is 1.47 bits per heavy atom. The Hall–Kier alpha value is -1.14. The lowest BCUT2D eigenvalue weighted by Crippen LogP contribution is -2.50. The monoisotopic (exact) mass is 272 g/mol. The summed E-state index contributed by atoms with van der Waals surface area (Å²) in [6.07, 6.45) is 0.588. The van der Waals surface area contributed by atoms with Crippen LogP contribution in [0.15, 0.2) is 0 Å². The van der Waals surface area contributed by atoms with Crippen molar-refractivity contribution in [1.29, 1.82) is 0 Å². The molecule has 0 aliphatic carbocycles. The summed E-state index contributed by atoms with van der Waals surface area (Å²) >= 11 is 0. The number of ether oxygens (including phenoxy) is 1. The van der Waals surface area contributed by atoms with E-state index in [2.05, 4.69) is 10.6 Å². The van der Waals surface area contributed by atoms with Crippen LogP contribution in [0.4, 0.5) is 0 Å². The van der Waals surface area contributed by atoms with Crippen LogP contribution >= 0.6 is 0 Å². The van der Waals surface area contributed by atoms with Crippen LogP contribution in [0.25, 0.3) is 0 Å². The number of carbonyl (C=O) groups excluding carboxylic acids is 1. The number of aliphatic carboxylic acids is 1. The van der Waals surface area contributed by atoms with Gasteiger partial charge in [-0.15, -0.1) is 0 Å². The maximum atomic E-state index is 12.1. The van der Waals surface area contributed by atoms with Gasteiger partial charge in [-0.25, -0.2) is 0 Å². The highest BCUT2D eigenvalue weighted by Gasteiger charge is 2.34. The molecule has 6 heteroatoms. The summed E-state index contributed by atoms with van der Waals surface area (Å²) < 4.78 is 5.19. The highest BCUT2D eigenvalue weighted by molar-refractivity contribution is 5.83. The quantitative estimate of drug-likeness (QED) is 0.673. The van der Waals surface area contributed by atoms with Gasteiger partial charge in [-0.05, 0) is 11.8 Å². The van der Waals surface area contributed by atoms with Crippen LogP contribution < -0.4 is 10.6 Å². The van der Waals surface area contributed by atoms with Gasteiger partial charge in [0.15, 0.2) is 0 Å². The van der Waals surface area contributed by atoms with Gasteiger partial charge in [-0.2, -0.15) is 0 Å². The minimum atomic E-state index is -0.908. The Balaban J connectivity index is 2.59. The number of methoxy groups -OCH3 is 1. The Labute approximate surface area is 113 Å². The van der Waals surface area contributed by atoms with Crippen molar-refractivity contribution in [3.63, 3.8) is 0 Å². The van der Waals surface area contributed by atoms with Gasteiger partial charge < -0.3 is 20.5 Å². The number of carbonyl (C=O) groups is 2. The largest absolute Gasteiger partial charge is 0.481 e. The van der Waals surface area contributed by atoms with E-state index in [1.165, 1.54) is 0 Å². The summed E-state index contributed by atoms with van der Waals surface area (Å²) in [6.45, 7) is 6.40. The average Bonchev–Trinajstić information content (AvgIpc) is 2.74. The van der Waals surface area contributed by atoms with Gasteiger partial charge in [0.05, 0.1) is 18.6 Å². The molecule has 1 rings (SSSR count). The van der Waals surface area contributed by atoms with Gasteiger partial charge in [0.2, 0.25) is 5.91 Å². The minimum Gasteiger partial charge on any atom is -0.481 e. The second-order valence-corrected chi connectivity index (χ2v) is 6.08. The van der Waals surface area contributed by atoms with E-state index in [4.69, 9.17) is 9.84 Å². The predicted molar refractivity (Wildman–Crippen MR) is 70.8 cm³/mol. The number of carboxylic acids is 1. The fourth-order valence-electron chi connectivity index (χ4n) is 2.10. The summed E-state index contributed by atoms with van der Waals surface area (Å²) in [5.74, 6) is -1.06.